The Balaban J connectivity index is 1.99. The minimum absolute atomic E-state index is 0.00127. The fraction of sp³-hybridized carbons (Fsp3) is 0.647. The number of nitrogens with two attached hydrogens (primary N) is 1. The van der Waals surface area contributed by atoms with Crippen molar-refractivity contribution >= 4 is 5.69 Å². The summed E-state index contributed by atoms with van der Waals surface area (Å²) in [5, 5.41) is 0. The van der Waals surface area contributed by atoms with Crippen LogP contribution in [0.1, 0.15) is 25.8 Å². The molecule has 110 valence electrons. The number of anilines is 1. The van der Waals surface area contributed by atoms with E-state index in [1.54, 1.807) is 0 Å². The number of hydrogen-bond donors (Lipinski definition) is 1. The quantitative estimate of drug-likeness (QED) is 0.920. The number of nitrogens with zero attached hydrogens (tertiary/aromatic N) is 1. The van der Waals surface area contributed by atoms with Gasteiger partial charge in [-0.05, 0) is 37.3 Å². The Morgan fingerprint density at radius 1 is 1.40 bits per heavy atom. The van der Waals surface area contributed by atoms with Crippen LogP contribution in [0, 0.1) is 11.8 Å². The minimum atomic E-state index is 0.00127. The molecule has 1 aromatic carbocycles. The minimum Gasteiger partial charge on any atom is -0.381 e. The Morgan fingerprint density at radius 3 is 2.90 bits per heavy atom. The standard InChI is InChI=1S/C17H26N2O/c1-13-9-14-5-3-4-6-16(14)19(10-13)17(2,12-18)15-7-8-20-11-15/h3-6,13,15H,7-12,18H2,1-2H3. The summed E-state index contributed by atoms with van der Waals surface area (Å²) < 4.78 is 5.63. The largest absolute Gasteiger partial charge is 0.381 e. The van der Waals surface area contributed by atoms with Gasteiger partial charge in [-0.1, -0.05) is 25.1 Å². The smallest absolute Gasteiger partial charge is 0.0547 e. The lowest BCUT2D eigenvalue weighted by Gasteiger charge is -2.49. The number of rotatable bonds is 3. The summed E-state index contributed by atoms with van der Waals surface area (Å²) in [5.41, 5.74) is 9.07. The fourth-order valence-electron chi connectivity index (χ4n) is 3.80. The molecule has 1 fully saturated rings. The van der Waals surface area contributed by atoms with E-state index in [-0.39, 0.29) is 5.54 Å². The first-order valence-electron chi connectivity index (χ1n) is 7.78. The molecule has 1 saturated heterocycles. The van der Waals surface area contributed by atoms with E-state index in [1.165, 1.54) is 17.7 Å². The maximum atomic E-state index is 6.22. The normalized spacial score (nSPS) is 29.1. The van der Waals surface area contributed by atoms with Crippen molar-refractivity contribution in [3.8, 4) is 0 Å². The van der Waals surface area contributed by atoms with Gasteiger partial charge in [0.25, 0.3) is 0 Å². The second kappa shape index (κ2) is 5.38. The first kappa shape index (κ1) is 13.9. The van der Waals surface area contributed by atoms with Crippen LogP contribution in [-0.4, -0.2) is 31.8 Å². The van der Waals surface area contributed by atoms with E-state index in [1.807, 2.05) is 0 Å². The van der Waals surface area contributed by atoms with Crippen molar-refractivity contribution in [1.82, 2.24) is 0 Å². The Hall–Kier alpha value is -1.06. The number of fused-ring (bicyclic) bond motifs is 1. The molecular weight excluding hydrogens is 248 g/mol. The molecule has 0 saturated carbocycles. The van der Waals surface area contributed by atoms with E-state index < -0.39 is 0 Å². The van der Waals surface area contributed by atoms with Crippen molar-refractivity contribution in [2.24, 2.45) is 17.6 Å². The molecule has 2 aliphatic heterocycles. The average molecular weight is 274 g/mol. The van der Waals surface area contributed by atoms with Crippen LogP contribution in [0.4, 0.5) is 5.69 Å². The summed E-state index contributed by atoms with van der Waals surface area (Å²) in [4.78, 5) is 2.57. The second-order valence-electron chi connectivity index (χ2n) is 6.67. The van der Waals surface area contributed by atoms with Crippen LogP contribution < -0.4 is 10.6 Å². The van der Waals surface area contributed by atoms with Crippen LogP contribution in [0.3, 0.4) is 0 Å². The SMILES string of the molecule is CC1Cc2ccccc2N(C(C)(CN)C2CCOC2)C1. The molecular formula is C17H26N2O. The second-order valence-corrected chi connectivity index (χ2v) is 6.67. The monoisotopic (exact) mass is 274 g/mol. The molecule has 0 radical (unpaired) electrons. The molecule has 0 amide bonds. The number of hydrogen-bond acceptors (Lipinski definition) is 3. The van der Waals surface area contributed by atoms with Crippen LogP contribution >= 0.6 is 0 Å². The lowest BCUT2D eigenvalue weighted by molar-refractivity contribution is 0.163. The summed E-state index contributed by atoms with van der Waals surface area (Å²) in [6, 6.07) is 8.81. The third kappa shape index (κ3) is 2.23. The summed E-state index contributed by atoms with van der Waals surface area (Å²) in [6.45, 7) is 8.17. The van der Waals surface area contributed by atoms with Crippen LogP contribution in [0.2, 0.25) is 0 Å². The highest BCUT2D eigenvalue weighted by Crippen LogP contribution is 2.39. The van der Waals surface area contributed by atoms with Crippen molar-refractivity contribution in [3.63, 3.8) is 0 Å². The van der Waals surface area contributed by atoms with Gasteiger partial charge in [0.15, 0.2) is 0 Å². The van der Waals surface area contributed by atoms with Crippen molar-refractivity contribution < 1.29 is 4.74 Å². The first-order valence-corrected chi connectivity index (χ1v) is 7.78. The van der Waals surface area contributed by atoms with E-state index in [2.05, 4.69) is 43.0 Å². The molecule has 0 spiro atoms. The highest BCUT2D eigenvalue weighted by Gasteiger charge is 2.42. The number of benzene rings is 1. The first-order chi connectivity index (χ1) is 9.65. The topological polar surface area (TPSA) is 38.5 Å². The van der Waals surface area contributed by atoms with Gasteiger partial charge in [0, 0.05) is 31.3 Å². The summed E-state index contributed by atoms with van der Waals surface area (Å²) >= 11 is 0. The molecule has 0 bridgehead atoms. The van der Waals surface area contributed by atoms with Gasteiger partial charge in [-0.25, -0.2) is 0 Å². The lowest BCUT2D eigenvalue weighted by Crippen LogP contribution is -2.59. The Kier molecular flexibility index (Phi) is 3.74. The maximum Gasteiger partial charge on any atom is 0.0547 e. The highest BCUT2D eigenvalue weighted by molar-refractivity contribution is 5.58. The molecule has 2 heterocycles. The van der Waals surface area contributed by atoms with Crippen LogP contribution in [0.5, 0.6) is 0 Å². The van der Waals surface area contributed by atoms with Crippen LogP contribution in [0.15, 0.2) is 24.3 Å². The van der Waals surface area contributed by atoms with Gasteiger partial charge in [0.2, 0.25) is 0 Å². The summed E-state index contributed by atoms with van der Waals surface area (Å²) in [6.07, 6.45) is 2.30. The average Bonchev–Trinajstić information content (AvgIpc) is 3.00. The van der Waals surface area contributed by atoms with E-state index >= 15 is 0 Å². The zero-order chi connectivity index (χ0) is 14.2. The molecule has 3 atom stereocenters. The molecule has 3 heteroatoms. The summed E-state index contributed by atoms with van der Waals surface area (Å²) in [5.74, 6) is 1.21. The van der Waals surface area contributed by atoms with Gasteiger partial charge < -0.3 is 15.4 Å². The Bertz CT molecular complexity index is 470. The zero-order valence-corrected chi connectivity index (χ0v) is 12.6. The predicted octanol–water partition coefficient (Wildman–Crippen LogP) is 2.44. The van der Waals surface area contributed by atoms with Gasteiger partial charge >= 0.3 is 0 Å². The van der Waals surface area contributed by atoms with Crippen molar-refractivity contribution in [3.05, 3.63) is 29.8 Å². The van der Waals surface area contributed by atoms with Crippen molar-refractivity contribution in [2.75, 3.05) is 31.2 Å². The lowest BCUT2D eigenvalue weighted by atomic mass is 9.80. The van der Waals surface area contributed by atoms with E-state index in [0.29, 0.717) is 18.4 Å². The van der Waals surface area contributed by atoms with Gasteiger partial charge in [-0.15, -0.1) is 0 Å². The molecule has 2 aliphatic rings. The highest BCUT2D eigenvalue weighted by atomic mass is 16.5. The van der Waals surface area contributed by atoms with Crippen LogP contribution in [0.25, 0.3) is 0 Å². The molecule has 0 aromatic heterocycles. The number of para-hydroxylation sites is 1. The van der Waals surface area contributed by atoms with Gasteiger partial charge in [-0.3, -0.25) is 0 Å². The summed E-state index contributed by atoms with van der Waals surface area (Å²) in [7, 11) is 0. The van der Waals surface area contributed by atoms with Gasteiger partial charge in [0.1, 0.15) is 0 Å². The molecule has 0 aliphatic carbocycles. The Labute approximate surface area is 122 Å². The van der Waals surface area contributed by atoms with Gasteiger partial charge in [-0.2, -0.15) is 0 Å². The zero-order valence-electron chi connectivity index (χ0n) is 12.6. The fourth-order valence-corrected chi connectivity index (χ4v) is 3.80. The molecule has 1 aromatic rings. The van der Waals surface area contributed by atoms with Gasteiger partial charge in [0.05, 0.1) is 12.1 Å². The Morgan fingerprint density at radius 2 is 2.20 bits per heavy atom. The number of ether oxygens (including phenoxy) is 1. The van der Waals surface area contributed by atoms with E-state index in [0.717, 1.165) is 26.2 Å². The van der Waals surface area contributed by atoms with E-state index in [9.17, 15) is 0 Å². The van der Waals surface area contributed by atoms with E-state index in [4.69, 9.17) is 10.5 Å². The predicted molar refractivity (Wildman–Crippen MR) is 83.0 cm³/mol. The molecule has 3 rings (SSSR count). The third-order valence-electron chi connectivity index (χ3n) is 5.18. The maximum absolute atomic E-state index is 6.22. The van der Waals surface area contributed by atoms with Crippen LogP contribution in [-0.2, 0) is 11.2 Å². The molecule has 3 nitrogen and oxygen atoms in total. The molecule has 20 heavy (non-hydrogen) atoms. The molecule has 2 N–H and O–H groups in total. The third-order valence-corrected chi connectivity index (χ3v) is 5.18. The van der Waals surface area contributed by atoms with Crippen molar-refractivity contribution in [1.29, 1.82) is 0 Å². The van der Waals surface area contributed by atoms with Crippen molar-refractivity contribution in [2.45, 2.75) is 32.2 Å². The molecule has 3 unspecified atom stereocenters.